The number of hydrogen-bond donors (Lipinski definition) is 2. The molecular formula is C12H26N2O2. The topological polar surface area (TPSA) is 44.7 Å². The summed E-state index contributed by atoms with van der Waals surface area (Å²) in [6.45, 7) is 8.37. The van der Waals surface area contributed by atoms with E-state index in [0.29, 0.717) is 18.5 Å². The third-order valence-electron chi connectivity index (χ3n) is 2.96. The maximum absolute atomic E-state index is 9.85. The van der Waals surface area contributed by atoms with E-state index in [1.54, 1.807) is 0 Å². The summed E-state index contributed by atoms with van der Waals surface area (Å²) >= 11 is 0. The average Bonchev–Trinajstić information content (AvgIpc) is 2.69. The van der Waals surface area contributed by atoms with Crippen molar-refractivity contribution in [3.8, 4) is 0 Å². The van der Waals surface area contributed by atoms with Gasteiger partial charge in [-0.3, -0.25) is 4.90 Å². The summed E-state index contributed by atoms with van der Waals surface area (Å²) in [6.07, 6.45) is 0.798. The van der Waals surface area contributed by atoms with Gasteiger partial charge in [0, 0.05) is 25.7 Å². The maximum Gasteiger partial charge on any atom is 0.0791 e. The zero-order valence-electron chi connectivity index (χ0n) is 10.8. The lowest BCUT2D eigenvalue weighted by molar-refractivity contribution is 0.0938. The zero-order chi connectivity index (χ0) is 12.0. The van der Waals surface area contributed by atoms with Crippen molar-refractivity contribution in [2.24, 2.45) is 5.92 Å². The van der Waals surface area contributed by atoms with Gasteiger partial charge in [-0.1, -0.05) is 13.8 Å². The number of hydrogen-bond acceptors (Lipinski definition) is 4. The Balaban J connectivity index is 2.10. The maximum atomic E-state index is 9.85. The van der Waals surface area contributed by atoms with E-state index in [4.69, 9.17) is 4.74 Å². The minimum Gasteiger partial charge on any atom is -0.390 e. The van der Waals surface area contributed by atoms with Gasteiger partial charge >= 0.3 is 0 Å². The van der Waals surface area contributed by atoms with E-state index in [-0.39, 0.29) is 6.10 Å². The van der Waals surface area contributed by atoms with Crippen molar-refractivity contribution in [1.29, 1.82) is 0 Å². The first-order chi connectivity index (χ1) is 7.59. The molecule has 0 aromatic rings. The molecule has 0 amide bonds. The van der Waals surface area contributed by atoms with E-state index in [1.165, 1.54) is 0 Å². The van der Waals surface area contributed by atoms with Crippen molar-refractivity contribution >= 4 is 0 Å². The summed E-state index contributed by atoms with van der Waals surface area (Å²) in [5, 5.41) is 13.1. The Kier molecular flexibility index (Phi) is 6.28. The minimum absolute atomic E-state index is 0.288. The lowest BCUT2D eigenvalue weighted by Gasteiger charge is -2.25. The SMILES string of the molecule is CC(C)CNCC(O)CN(C)C1CCOC1. The van der Waals surface area contributed by atoms with Crippen LogP contribution in [0.1, 0.15) is 20.3 Å². The number of nitrogens with zero attached hydrogens (tertiary/aromatic N) is 1. The second-order valence-electron chi connectivity index (χ2n) is 5.16. The highest BCUT2D eigenvalue weighted by molar-refractivity contribution is 4.75. The Morgan fingerprint density at radius 2 is 2.19 bits per heavy atom. The number of likely N-dealkylation sites (N-methyl/N-ethyl adjacent to an activating group) is 1. The van der Waals surface area contributed by atoms with Gasteiger partial charge in [-0.15, -0.1) is 0 Å². The highest BCUT2D eigenvalue weighted by atomic mass is 16.5. The fourth-order valence-corrected chi connectivity index (χ4v) is 1.95. The molecule has 0 aromatic carbocycles. The molecule has 0 aromatic heterocycles. The quantitative estimate of drug-likeness (QED) is 0.661. The number of nitrogens with one attached hydrogen (secondary N) is 1. The Labute approximate surface area is 99.0 Å². The molecule has 0 bridgehead atoms. The predicted molar refractivity (Wildman–Crippen MR) is 65.6 cm³/mol. The molecule has 1 heterocycles. The molecule has 0 radical (unpaired) electrons. The van der Waals surface area contributed by atoms with Crippen molar-refractivity contribution in [1.82, 2.24) is 10.2 Å². The highest BCUT2D eigenvalue weighted by Gasteiger charge is 2.21. The second-order valence-corrected chi connectivity index (χ2v) is 5.16. The van der Waals surface area contributed by atoms with Crippen LogP contribution in [0, 0.1) is 5.92 Å². The summed E-state index contributed by atoms with van der Waals surface area (Å²) < 4.78 is 5.33. The monoisotopic (exact) mass is 230 g/mol. The van der Waals surface area contributed by atoms with E-state index in [1.807, 2.05) is 0 Å². The molecule has 0 saturated carbocycles. The molecule has 1 saturated heterocycles. The van der Waals surface area contributed by atoms with Crippen LogP contribution in [0.2, 0.25) is 0 Å². The third kappa shape index (κ3) is 5.25. The van der Waals surface area contributed by atoms with E-state index < -0.39 is 0 Å². The van der Waals surface area contributed by atoms with Crippen LogP contribution in [0.4, 0.5) is 0 Å². The molecule has 4 nitrogen and oxygen atoms in total. The molecule has 96 valence electrons. The van der Waals surface area contributed by atoms with Gasteiger partial charge in [0.1, 0.15) is 0 Å². The van der Waals surface area contributed by atoms with Gasteiger partial charge in [0.05, 0.1) is 12.7 Å². The van der Waals surface area contributed by atoms with Gasteiger partial charge in [0.25, 0.3) is 0 Å². The van der Waals surface area contributed by atoms with Crippen LogP contribution in [0.25, 0.3) is 0 Å². The summed E-state index contributed by atoms with van der Waals surface area (Å²) in [7, 11) is 2.06. The van der Waals surface area contributed by atoms with Crippen LogP contribution < -0.4 is 5.32 Å². The van der Waals surface area contributed by atoms with E-state index in [2.05, 4.69) is 31.1 Å². The highest BCUT2D eigenvalue weighted by Crippen LogP contribution is 2.10. The molecule has 0 spiro atoms. The normalized spacial score (nSPS) is 23.2. The van der Waals surface area contributed by atoms with Crippen LogP contribution in [-0.2, 0) is 4.74 Å². The van der Waals surface area contributed by atoms with Crippen molar-refractivity contribution in [3.63, 3.8) is 0 Å². The third-order valence-corrected chi connectivity index (χ3v) is 2.96. The van der Waals surface area contributed by atoms with Gasteiger partial charge in [-0.05, 0) is 25.9 Å². The molecule has 2 atom stereocenters. The van der Waals surface area contributed by atoms with Crippen LogP contribution in [0.15, 0.2) is 0 Å². The average molecular weight is 230 g/mol. The standard InChI is InChI=1S/C12H26N2O2/c1-10(2)6-13-7-12(15)8-14(3)11-4-5-16-9-11/h10-13,15H,4-9H2,1-3H3. The Bertz CT molecular complexity index is 182. The molecule has 0 aliphatic carbocycles. The molecular weight excluding hydrogens is 204 g/mol. The van der Waals surface area contributed by atoms with E-state index in [0.717, 1.165) is 32.7 Å². The van der Waals surface area contributed by atoms with Crippen molar-refractivity contribution in [2.75, 3.05) is 39.9 Å². The van der Waals surface area contributed by atoms with Crippen molar-refractivity contribution in [3.05, 3.63) is 0 Å². The molecule has 1 rings (SSSR count). The molecule has 1 aliphatic rings. The zero-order valence-corrected chi connectivity index (χ0v) is 10.8. The van der Waals surface area contributed by atoms with Crippen LogP contribution >= 0.6 is 0 Å². The number of aliphatic hydroxyl groups is 1. The Morgan fingerprint density at radius 1 is 1.44 bits per heavy atom. The lowest BCUT2D eigenvalue weighted by atomic mass is 10.2. The van der Waals surface area contributed by atoms with Crippen LogP contribution in [0.3, 0.4) is 0 Å². The summed E-state index contributed by atoms with van der Waals surface area (Å²) in [4.78, 5) is 2.20. The van der Waals surface area contributed by atoms with Gasteiger partial charge in [0.2, 0.25) is 0 Å². The fraction of sp³-hybridized carbons (Fsp3) is 1.00. The Hall–Kier alpha value is -0.160. The number of aliphatic hydroxyl groups excluding tert-OH is 1. The molecule has 16 heavy (non-hydrogen) atoms. The molecule has 2 N–H and O–H groups in total. The molecule has 1 aliphatic heterocycles. The number of ether oxygens (including phenoxy) is 1. The van der Waals surface area contributed by atoms with Gasteiger partial charge in [-0.25, -0.2) is 0 Å². The van der Waals surface area contributed by atoms with Crippen molar-refractivity contribution < 1.29 is 9.84 Å². The first-order valence-electron chi connectivity index (χ1n) is 6.26. The smallest absolute Gasteiger partial charge is 0.0791 e. The molecule has 1 fully saturated rings. The summed E-state index contributed by atoms with van der Waals surface area (Å²) in [6, 6.07) is 0.486. The van der Waals surface area contributed by atoms with E-state index >= 15 is 0 Å². The molecule has 4 heteroatoms. The summed E-state index contributed by atoms with van der Waals surface area (Å²) in [5.41, 5.74) is 0. The van der Waals surface area contributed by atoms with Gasteiger partial charge < -0.3 is 15.2 Å². The lowest BCUT2D eigenvalue weighted by Crippen LogP contribution is -2.42. The Morgan fingerprint density at radius 3 is 2.75 bits per heavy atom. The number of rotatable bonds is 7. The predicted octanol–water partition coefficient (Wildman–Crippen LogP) is 0.314. The van der Waals surface area contributed by atoms with Gasteiger partial charge in [0.15, 0.2) is 0 Å². The van der Waals surface area contributed by atoms with Crippen molar-refractivity contribution in [2.45, 2.75) is 32.4 Å². The fourth-order valence-electron chi connectivity index (χ4n) is 1.95. The first kappa shape index (κ1) is 13.9. The minimum atomic E-state index is -0.288. The first-order valence-corrected chi connectivity index (χ1v) is 6.26. The van der Waals surface area contributed by atoms with Gasteiger partial charge in [-0.2, -0.15) is 0 Å². The second kappa shape index (κ2) is 7.22. The molecule has 2 unspecified atom stereocenters. The largest absolute Gasteiger partial charge is 0.390 e. The van der Waals surface area contributed by atoms with E-state index in [9.17, 15) is 5.11 Å². The van der Waals surface area contributed by atoms with Crippen LogP contribution in [-0.4, -0.2) is 62.0 Å². The summed E-state index contributed by atoms with van der Waals surface area (Å²) in [5.74, 6) is 0.633. The van der Waals surface area contributed by atoms with Crippen LogP contribution in [0.5, 0.6) is 0 Å².